The molecular weight excluding hydrogens is 440 g/mol. The van der Waals surface area contributed by atoms with Crippen LogP contribution in [0.4, 0.5) is 21.0 Å². The predicted molar refractivity (Wildman–Crippen MR) is 134 cm³/mol. The molecule has 0 atom stereocenters. The Morgan fingerprint density at radius 1 is 0.781 bits per heavy atom. The molecule has 2 heterocycles. The number of hydrogen-bond donors (Lipinski definition) is 0. The second-order valence-electron chi connectivity index (χ2n) is 7.55. The van der Waals surface area contributed by atoms with Gasteiger partial charge in [-0.3, -0.25) is 19.4 Å². The summed E-state index contributed by atoms with van der Waals surface area (Å²) < 4.78 is 0. The van der Waals surface area contributed by atoms with Crippen LogP contribution < -0.4 is 0 Å². The second kappa shape index (κ2) is 10.8. The lowest BCUT2D eigenvalue weighted by atomic mass is 10.1. The molecule has 2 fully saturated rings. The van der Waals surface area contributed by atoms with E-state index in [4.69, 9.17) is 9.98 Å². The lowest BCUT2D eigenvalue weighted by molar-refractivity contribution is 0.178. The first kappa shape index (κ1) is 22.6. The third-order valence-corrected chi connectivity index (χ3v) is 6.98. The van der Waals surface area contributed by atoms with Gasteiger partial charge in [-0.05, 0) is 37.1 Å². The largest absolute Gasteiger partial charge is 0.289 e. The molecule has 32 heavy (non-hydrogen) atoms. The Hall–Kier alpha value is -2.58. The molecule has 0 spiro atoms. The van der Waals surface area contributed by atoms with E-state index >= 15 is 0 Å². The van der Waals surface area contributed by atoms with E-state index in [1.165, 1.54) is 23.5 Å². The van der Waals surface area contributed by atoms with Gasteiger partial charge in [-0.15, -0.1) is 0 Å². The molecule has 0 N–H and O–H groups in total. The summed E-state index contributed by atoms with van der Waals surface area (Å²) in [6, 6.07) is 19.3. The minimum atomic E-state index is -0.420. The second-order valence-corrected chi connectivity index (χ2v) is 9.41. The molecule has 8 heteroatoms. The van der Waals surface area contributed by atoms with E-state index in [2.05, 4.69) is 6.92 Å². The standard InChI is InChI=1S/C24H26N4O2S2/c1-2-3-6-15-22(27-20(16-31-23(27)29)25-18-11-7-4-8-12-18)28-21(17-32-24(28)30)26-19-13-9-5-10-14-19/h4-5,7-14,22H,2-3,6,15-17H2,1H3. The number of aliphatic imine (C=N–C) groups is 2. The molecule has 4 rings (SSSR count). The van der Waals surface area contributed by atoms with Crippen LogP contribution in [-0.4, -0.2) is 49.6 Å². The van der Waals surface area contributed by atoms with Gasteiger partial charge >= 0.3 is 0 Å². The summed E-state index contributed by atoms with van der Waals surface area (Å²) in [4.78, 5) is 39.0. The van der Waals surface area contributed by atoms with E-state index in [0.29, 0.717) is 29.6 Å². The highest BCUT2D eigenvalue weighted by atomic mass is 32.2. The zero-order valence-corrected chi connectivity index (χ0v) is 19.6. The first-order chi connectivity index (χ1) is 15.7. The molecule has 2 aliphatic heterocycles. The Bertz CT molecular complexity index is 934. The topological polar surface area (TPSA) is 65.3 Å². The zero-order valence-electron chi connectivity index (χ0n) is 18.0. The van der Waals surface area contributed by atoms with Crippen LogP contribution in [0.15, 0.2) is 70.6 Å². The molecule has 0 unspecified atom stereocenters. The van der Waals surface area contributed by atoms with Gasteiger partial charge in [0.15, 0.2) is 0 Å². The smallest absolute Gasteiger partial charge is 0.268 e. The first-order valence-electron chi connectivity index (χ1n) is 10.8. The molecule has 0 aromatic heterocycles. The fraction of sp³-hybridized carbons (Fsp3) is 0.333. The molecule has 2 aromatic carbocycles. The van der Waals surface area contributed by atoms with Crippen LogP contribution in [0.3, 0.4) is 0 Å². The van der Waals surface area contributed by atoms with E-state index < -0.39 is 6.17 Å². The van der Waals surface area contributed by atoms with Gasteiger partial charge < -0.3 is 0 Å². The van der Waals surface area contributed by atoms with Crippen molar-refractivity contribution in [3.05, 3.63) is 60.7 Å². The van der Waals surface area contributed by atoms with Gasteiger partial charge in [0.05, 0.1) is 22.9 Å². The van der Waals surface area contributed by atoms with Crippen LogP contribution in [-0.2, 0) is 0 Å². The summed E-state index contributed by atoms with van der Waals surface area (Å²) in [5.41, 5.74) is 1.60. The number of hydrogen-bond acceptors (Lipinski definition) is 6. The van der Waals surface area contributed by atoms with Gasteiger partial charge in [-0.2, -0.15) is 0 Å². The molecule has 2 saturated heterocycles. The van der Waals surface area contributed by atoms with Crippen LogP contribution in [0.1, 0.15) is 32.6 Å². The van der Waals surface area contributed by atoms with Gasteiger partial charge in [0.1, 0.15) is 17.8 Å². The van der Waals surface area contributed by atoms with Gasteiger partial charge in [0, 0.05) is 0 Å². The molecule has 0 saturated carbocycles. The lowest BCUT2D eigenvalue weighted by Gasteiger charge is -2.34. The molecule has 2 aliphatic rings. The highest BCUT2D eigenvalue weighted by molar-refractivity contribution is 8.15. The number of nitrogens with zero attached hydrogens (tertiary/aromatic N) is 4. The zero-order chi connectivity index (χ0) is 22.3. The van der Waals surface area contributed by atoms with Crippen molar-refractivity contribution in [2.24, 2.45) is 9.98 Å². The Morgan fingerprint density at radius 2 is 1.25 bits per heavy atom. The van der Waals surface area contributed by atoms with E-state index in [1.54, 1.807) is 9.80 Å². The number of carbonyl (C=O) groups is 2. The monoisotopic (exact) mass is 466 g/mol. The third-order valence-electron chi connectivity index (χ3n) is 5.29. The Morgan fingerprint density at radius 3 is 1.69 bits per heavy atom. The van der Waals surface area contributed by atoms with Crippen LogP contribution in [0, 0.1) is 0 Å². The van der Waals surface area contributed by atoms with Crippen LogP contribution in [0.5, 0.6) is 0 Å². The predicted octanol–water partition coefficient (Wildman–Crippen LogP) is 6.69. The summed E-state index contributed by atoms with van der Waals surface area (Å²) in [5.74, 6) is 2.38. The minimum Gasteiger partial charge on any atom is -0.268 e. The molecule has 6 nitrogen and oxygen atoms in total. The van der Waals surface area contributed by atoms with Gasteiger partial charge in [0.2, 0.25) is 0 Å². The van der Waals surface area contributed by atoms with Gasteiger partial charge in [0.25, 0.3) is 10.5 Å². The molecule has 0 aliphatic carbocycles. The van der Waals surface area contributed by atoms with Crippen molar-refractivity contribution >= 4 is 57.0 Å². The number of unbranched alkanes of at least 4 members (excludes halogenated alkanes) is 2. The fourth-order valence-corrected chi connectivity index (χ4v) is 5.40. The number of amidine groups is 2. The van der Waals surface area contributed by atoms with Crippen molar-refractivity contribution in [1.29, 1.82) is 0 Å². The number of para-hydroxylation sites is 2. The molecule has 166 valence electrons. The van der Waals surface area contributed by atoms with Crippen LogP contribution in [0.2, 0.25) is 0 Å². The molecule has 2 amide bonds. The Labute approximate surface area is 197 Å². The summed E-state index contributed by atoms with van der Waals surface area (Å²) in [6.45, 7) is 2.15. The first-order valence-corrected chi connectivity index (χ1v) is 12.8. The SMILES string of the molecule is CCCCCC(N1C(=O)SCC1=Nc1ccccc1)N1C(=O)SCC1=Nc1ccccc1. The van der Waals surface area contributed by atoms with Crippen molar-refractivity contribution in [2.75, 3.05) is 11.5 Å². The maximum Gasteiger partial charge on any atom is 0.289 e. The third kappa shape index (κ3) is 5.24. The quantitative estimate of drug-likeness (QED) is 0.407. The summed E-state index contributed by atoms with van der Waals surface area (Å²) >= 11 is 2.47. The number of carbonyl (C=O) groups excluding carboxylic acids is 2. The summed E-state index contributed by atoms with van der Waals surface area (Å²) in [7, 11) is 0. The number of rotatable bonds is 8. The summed E-state index contributed by atoms with van der Waals surface area (Å²) in [5, 5.41) is -0.130. The average Bonchev–Trinajstić information content (AvgIpc) is 3.35. The van der Waals surface area contributed by atoms with Crippen molar-refractivity contribution < 1.29 is 9.59 Å². The van der Waals surface area contributed by atoms with E-state index in [-0.39, 0.29) is 10.5 Å². The fourth-order valence-electron chi connectivity index (χ4n) is 3.75. The summed E-state index contributed by atoms with van der Waals surface area (Å²) in [6.07, 6.45) is 3.29. The van der Waals surface area contributed by atoms with Crippen molar-refractivity contribution in [3.63, 3.8) is 0 Å². The van der Waals surface area contributed by atoms with Gasteiger partial charge in [-0.25, -0.2) is 9.98 Å². The average molecular weight is 467 g/mol. The van der Waals surface area contributed by atoms with E-state index in [1.807, 2.05) is 60.7 Å². The normalized spacial score (nSPS) is 20.0. The highest BCUT2D eigenvalue weighted by Gasteiger charge is 2.43. The van der Waals surface area contributed by atoms with Crippen molar-refractivity contribution in [1.82, 2.24) is 9.80 Å². The highest BCUT2D eigenvalue weighted by Crippen LogP contribution is 2.33. The van der Waals surface area contributed by atoms with Gasteiger partial charge in [-0.1, -0.05) is 79.7 Å². The lowest BCUT2D eigenvalue weighted by Crippen LogP contribution is -2.52. The molecule has 0 radical (unpaired) electrons. The number of benzene rings is 2. The number of amides is 2. The molecular formula is C24H26N4O2S2. The minimum absolute atomic E-state index is 0.0649. The maximum absolute atomic E-state index is 13.0. The van der Waals surface area contributed by atoms with E-state index in [9.17, 15) is 9.59 Å². The van der Waals surface area contributed by atoms with Crippen molar-refractivity contribution in [2.45, 2.75) is 38.8 Å². The Balaban J connectivity index is 1.70. The molecule has 0 bridgehead atoms. The van der Waals surface area contributed by atoms with E-state index in [0.717, 1.165) is 30.6 Å². The van der Waals surface area contributed by atoms with Crippen molar-refractivity contribution in [3.8, 4) is 0 Å². The number of thioether (sulfide) groups is 2. The molecule has 2 aromatic rings. The Kier molecular flexibility index (Phi) is 7.65. The maximum atomic E-state index is 13.0. The van der Waals surface area contributed by atoms with Crippen LogP contribution >= 0.6 is 23.5 Å². The van der Waals surface area contributed by atoms with Crippen LogP contribution in [0.25, 0.3) is 0 Å².